The third-order valence-electron chi connectivity index (χ3n) is 4.05. The minimum Gasteiger partial charge on any atom is -0.399 e. The maximum absolute atomic E-state index is 5.98. The first-order valence-electron chi connectivity index (χ1n) is 7.01. The Morgan fingerprint density at radius 2 is 1.67 bits per heavy atom. The molecule has 110 valence electrons. The summed E-state index contributed by atoms with van der Waals surface area (Å²) >= 11 is 0. The minimum absolute atomic E-state index is 0.361. The SMILES string of the molecule is CC1(C)OB(c2cnn(Oc3ccccc3)c2)OC1(C)C. The first-order chi connectivity index (χ1) is 9.87. The molecule has 1 aliphatic rings. The Labute approximate surface area is 124 Å². The van der Waals surface area contributed by atoms with Crippen LogP contribution < -0.4 is 10.3 Å². The van der Waals surface area contributed by atoms with Gasteiger partial charge in [-0.25, -0.2) is 0 Å². The summed E-state index contributed by atoms with van der Waals surface area (Å²) in [5.74, 6) is 0.723. The maximum Gasteiger partial charge on any atom is 0.498 e. The zero-order chi connectivity index (χ0) is 15.1. The van der Waals surface area contributed by atoms with E-state index in [2.05, 4.69) is 5.10 Å². The fourth-order valence-electron chi connectivity index (χ4n) is 2.06. The lowest BCUT2D eigenvalue weighted by Crippen LogP contribution is -2.41. The summed E-state index contributed by atoms with van der Waals surface area (Å²) in [7, 11) is -0.428. The predicted octanol–water partition coefficient (Wildman–Crippen LogP) is 2.02. The van der Waals surface area contributed by atoms with E-state index in [0.717, 1.165) is 11.2 Å². The van der Waals surface area contributed by atoms with Gasteiger partial charge in [0.05, 0.1) is 23.6 Å². The van der Waals surface area contributed by atoms with Crippen molar-refractivity contribution in [3.63, 3.8) is 0 Å². The van der Waals surface area contributed by atoms with Crippen molar-refractivity contribution < 1.29 is 14.1 Å². The quantitative estimate of drug-likeness (QED) is 0.810. The predicted molar refractivity (Wildman–Crippen MR) is 80.4 cm³/mol. The van der Waals surface area contributed by atoms with Gasteiger partial charge in [-0.2, -0.15) is 0 Å². The molecule has 0 spiro atoms. The lowest BCUT2D eigenvalue weighted by Gasteiger charge is -2.32. The number of hydrogen-bond acceptors (Lipinski definition) is 4. The van der Waals surface area contributed by atoms with E-state index in [1.807, 2.05) is 58.0 Å². The lowest BCUT2D eigenvalue weighted by atomic mass is 9.82. The van der Waals surface area contributed by atoms with Gasteiger partial charge in [-0.05, 0) is 39.8 Å². The standard InChI is InChI=1S/C15H19BN2O3/c1-14(2)15(3,4)21-16(20-14)12-10-17-18(11-12)19-13-8-6-5-7-9-13/h5-11H,1-4H3. The highest BCUT2D eigenvalue weighted by molar-refractivity contribution is 6.61. The Bertz CT molecular complexity index is 609. The summed E-state index contributed by atoms with van der Waals surface area (Å²) in [5.41, 5.74) is 0.115. The van der Waals surface area contributed by atoms with Crippen LogP contribution in [0.25, 0.3) is 0 Å². The first-order valence-corrected chi connectivity index (χ1v) is 7.01. The normalized spacial score (nSPS) is 19.7. The van der Waals surface area contributed by atoms with E-state index in [4.69, 9.17) is 14.1 Å². The molecule has 0 bridgehead atoms. The highest BCUT2D eigenvalue weighted by Gasteiger charge is 2.52. The van der Waals surface area contributed by atoms with E-state index in [1.165, 1.54) is 4.85 Å². The summed E-state index contributed by atoms with van der Waals surface area (Å²) in [6, 6.07) is 9.50. The Morgan fingerprint density at radius 3 is 2.29 bits per heavy atom. The summed E-state index contributed by atoms with van der Waals surface area (Å²) in [4.78, 5) is 7.03. The highest BCUT2D eigenvalue weighted by Crippen LogP contribution is 2.36. The summed E-state index contributed by atoms with van der Waals surface area (Å²) < 4.78 is 12.0. The van der Waals surface area contributed by atoms with Crippen molar-refractivity contribution in [1.29, 1.82) is 0 Å². The number of benzene rings is 1. The van der Waals surface area contributed by atoms with E-state index in [1.54, 1.807) is 12.4 Å². The van der Waals surface area contributed by atoms with Gasteiger partial charge in [-0.1, -0.05) is 18.2 Å². The van der Waals surface area contributed by atoms with Gasteiger partial charge in [0.1, 0.15) is 0 Å². The number of aromatic nitrogens is 2. The molecule has 0 radical (unpaired) electrons. The van der Waals surface area contributed by atoms with Gasteiger partial charge in [-0.15, -0.1) is 9.94 Å². The second kappa shape index (κ2) is 4.89. The van der Waals surface area contributed by atoms with Crippen molar-refractivity contribution in [2.45, 2.75) is 38.9 Å². The second-order valence-electron chi connectivity index (χ2n) is 6.17. The molecule has 0 atom stereocenters. The molecule has 1 aromatic heterocycles. The molecular weight excluding hydrogens is 267 g/mol. The molecule has 21 heavy (non-hydrogen) atoms. The third-order valence-corrected chi connectivity index (χ3v) is 4.05. The van der Waals surface area contributed by atoms with Crippen molar-refractivity contribution in [2.24, 2.45) is 0 Å². The van der Waals surface area contributed by atoms with E-state index in [9.17, 15) is 0 Å². The highest BCUT2D eigenvalue weighted by atomic mass is 16.7. The largest absolute Gasteiger partial charge is 0.498 e. The monoisotopic (exact) mass is 286 g/mol. The fraction of sp³-hybridized carbons (Fsp3) is 0.400. The van der Waals surface area contributed by atoms with Crippen LogP contribution in [0.3, 0.4) is 0 Å². The van der Waals surface area contributed by atoms with Crippen LogP contribution in [0.1, 0.15) is 27.7 Å². The Hall–Kier alpha value is -1.79. The molecule has 2 aromatic rings. The van der Waals surface area contributed by atoms with E-state index in [0.29, 0.717) is 0 Å². The molecule has 0 amide bonds. The Kier molecular flexibility index (Phi) is 3.30. The minimum atomic E-state index is -0.428. The van der Waals surface area contributed by atoms with Gasteiger partial charge in [0.25, 0.3) is 0 Å². The molecule has 1 fully saturated rings. The third kappa shape index (κ3) is 2.69. The molecule has 1 aliphatic heterocycles. The number of rotatable bonds is 3. The van der Waals surface area contributed by atoms with Crippen LogP contribution in [0.15, 0.2) is 42.7 Å². The van der Waals surface area contributed by atoms with Gasteiger partial charge < -0.3 is 14.1 Å². The molecule has 1 saturated heterocycles. The van der Waals surface area contributed by atoms with Gasteiger partial charge >= 0.3 is 7.12 Å². The Balaban J connectivity index is 1.74. The van der Waals surface area contributed by atoms with Crippen LogP contribution in [0.2, 0.25) is 0 Å². The molecule has 3 rings (SSSR count). The van der Waals surface area contributed by atoms with Crippen LogP contribution in [0.4, 0.5) is 0 Å². The molecule has 6 heteroatoms. The van der Waals surface area contributed by atoms with Crippen molar-refractivity contribution in [1.82, 2.24) is 9.94 Å². The Morgan fingerprint density at radius 1 is 1.05 bits per heavy atom. The molecule has 2 heterocycles. The number of para-hydroxylation sites is 1. The second-order valence-corrected chi connectivity index (χ2v) is 6.17. The molecule has 0 N–H and O–H groups in total. The van der Waals surface area contributed by atoms with Crippen LogP contribution in [0.5, 0.6) is 5.75 Å². The summed E-state index contributed by atoms with van der Waals surface area (Å²) in [6.45, 7) is 8.10. The lowest BCUT2D eigenvalue weighted by molar-refractivity contribution is 0.00578. The van der Waals surface area contributed by atoms with Gasteiger partial charge in [0.2, 0.25) is 0 Å². The van der Waals surface area contributed by atoms with Gasteiger partial charge in [-0.3, -0.25) is 0 Å². The van der Waals surface area contributed by atoms with Crippen LogP contribution in [-0.2, 0) is 9.31 Å². The zero-order valence-electron chi connectivity index (χ0n) is 12.7. The van der Waals surface area contributed by atoms with E-state index < -0.39 is 7.12 Å². The van der Waals surface area contributed by atoms with Crippen molar-refractivity contribution >= 4 is 12.6 Å². The molecule has 0 aliphatic carbocycles. The average Bonchev–Trinajstić information content (AvgIpc) is 2.94. The van der Waals surface area contributed by atoms with E-state index >= 15 is 0 Å². The number of nitrogens with zero attached hydrogens (tertiary/aromatic N) is 2. The summed E-state index contributed by atoms with van der Waals surface area (Å²) in [6.07, 6.45) is 3.47. The average molecular weight is 286 g/mol. The topological polar surface area (TPSA) is 45.5 Å². The first kappa shape index (κ1) is 14.2. The molecular formula is C15H19BN2O3. The van der Waals surface area contributed by atoms with Crippen LogP contribution >= 0.6 is 0 Å². The summed E-state index contributed by atoms with van der Waals surface area (Å²) in [5, 5.41) is 4.19. The van der Waals surface area contributed by atoms with Crippen molar-refractivity contribution in [3.05, 3.63) is 42.7 Å². The number of hydrogen-bond donors (Lipinski definition) is 0. The molecule has 0 saturated carbocycles. The molecule has 5 nitrogen and oxygen atoms in total. The zero-order valence-corrected chi connectivity index (χ0v) is 12.7. The van der Waals surface area contributed by atoms with Crippen molar-refractivity contribution in [2.75, 3.05) is 0 Å². The maximum atomic E-state index is 5.98. The van der Waals surface area contributed by atoms with Crippen LogP contribution in [-0.4, -0.2) is 28.3 Å². The fourth-order valence-corrected chi connectivity index (χ4v) is 2.06. The molecule has 0 unspecified atom stereocenters. The smallest absolute Gasteiger partial charge is 0.399 e. The van der Waals surface area contributed by atoms with Crippen molar-refractivity contribution in [3.8, 4) is 5.75 Å². The van der Waals surface area contributed by atoms with Gasteiger partial charge in [0, 0.05) is 5.46 Å². The van der Waals surface area contributed by atoms with E-state index in [-0.39, 0.29) is 11.2 Å². The van der Waals surface area contributed by atoms with Gasteiger partial charge in [0.15, 0.2) is 5.75 Å². The van der Waals surface area contributed by atoms with Crippen LogP contribution in [0, 0.1) is 0 Å². The molecule has 1 aromatic carbocycles.